The van der Waals surface area contributed by atoms with Gasteiger partial charge in [-0.25, -0.2) is 0 Å². The summed E-state index contributed by atoms with van der Waals surface area (Å²) in [4.78, 5) is 0. The minimum Gasteiger partial charge on any atom is -0.0533 e. The van der Waals surface area contributed by atoms with Crippen LogP contribution in [0, 0.1) is 34.5 Å². The zero-order valence-corrected chi connectivity index (χ0v) is 8.97. The van der Waals surface area contributed by atoms with Gasteiger partial charge >= 0.3 is 0 Å². The van der Waals surface area contributed by atoms with Gasteiger partial charge in [-0.15, -0.1) is 0 Å². The number of hydrogen-bond donors (Lipinski definition) is 0. The highest BCUT2D eigenvalue weighted by Gasteiger charge is 3.15. The second kappa shape index (κ2) is 1.83. The molecule has 0 heteroatoms. The fraction of sp³-hybridized carbons (Fsp3) is 1.00. The van der Waals surface area contributed by atoms with E-state index >= 15 is 0 Å². The van der Waals surface area contributed by atoms with Crippen molar-refractivity contribution >= 4 is 0 Å². The fourth-order valence-corrected chi connectivity index (χ4v) is 6.70. The molecule has 0 radical (unpaired) electrons. The van der Waals surface area contributed by atoms with E-state index < -0.39 is 0 Å². The zero-order chi connectivity index (χ0) is 8.97. The van der Waals surface area contributed by atoms with Gasteiger partial charge in [0.25, 0.3) is 0 Å². The smallest absolute Gasteiger partial charge is 0.0128 e. The van der Waals surface area contributed by atoms with Gasteiger partial charge in [0.1, 0.15) is 0 Å². The molecular weight excluding hydrogens is 168 g/mol. The molecule has 0 aliphatic heterocycles. The molecule has 5 rings (SSSR count). The van der Waals surface area contributed by atoms with Crippen LogP contribution in [0.1, 0.15) is 51.4 Å². The van der Waals surface area contributed by atoms with Crippen molar-refractivity contribution in [2.75, 3.05) is 0 Å². The van der Waals surface area contributed by atoms with Crippen LogP contribution < -0.4 is 0 Å². The van der Waals surface area contributed by atoms with Crippen LogP contribution in [-0.2, 0) is 0 Å². The largest absolute Gasteiger partial charge is 0.0533 e. The molecule has 0 aromatic rings. The van der Waals surface area contributed by atoms with Crippen molar-refractivity contribution in [1.82, 2.24) is 0 Å². The zero-order valence-electron chi connectivity index (χ0n) is 8.97. The molecular formula is C14H20. The average Bonchev–Trinajstić information content (AvgIpc) is 3.12. The van der Waals surface area contributed by atoms with Gasteiger partial charge in [0.15, 0.2) is 0 Å². The summed E-state index contributed by atoms with van der Waals surface area (Å²) >= 11 is 0. The van der Waals surface area contributed by atoms with Crippen molar-refractivity contribution < 1.29 is 0 Å². The van der Waals surface area contributed by atoms with Crippen molar-refractivity contribution in [2.24, 2.45) is 34.5 Å². The summed E-state index contributed by atoms with van der Waals surface area (Å²) < 4.78 is 0. The molecule has 1 spiro atoms. The molecule has 0 aromatic heterocycles. The lowest BCUT2D eigenvalue weighted by Gasteiger charge is -2.45. The van der Waals surface area contributed by atoms with Crippen LogP contribution in [0.2, 0.25) is 0 Å². The third-order valence-corrected chi connectivity index (χ3v) is 6.94. The van der Waals surface area contributed by atoms with E-state index in [9.17, 15) is 0 Å². The van der Waals surface area contributed by atoms with Crippen molar-refractivity contribution in [2.45, 2.75) is 51.4 Å². The van der Waals surface area contributed by atoms with Gasteiger partial charge in [-0.3, -0.25) is 0 Å². The highest BCUT2D eigenvalue weighted by Crippen LogP contribution is 3.18. The maximum absolute atomic E-state index is 1.62. The maximum atomic E-state index is 1.62. The molecule has 0 heterocycles. The minimum absolute atomic E-state index is 1.05. The van der Waals surface area contributed by atoms with Gasteiger partial charge in [-0.1, -0.05) is 38.5 Å². The van der Waals surface area contributed by atoms with Gasteiger partial charge < -0.3 is 0 Å². The van der Waals surface area contributed by atoms with E-state index in [-0.39, 0.29) is 0 Å². The first-order chi connectivity index (χ1) is 6.95. The Morgan fingerprint density at radius 2 is 1.29 bits per heavy atom. The fourth-order valence-electron chi connectivity index (χ4n) is 6.70. The molecule has 5 saturated carbocycles. The molecule has 0 amide bonds. The van der Waals surface area contributed by atoms with Crippen molar-refractivity contribution in [1.29, 1.82) is 0 Å². The molecule has 76 valence electrons. The molecule has 0 bridgehead atoms. The molecule has 0 saturated heterocycles. The lowest BCUT2D eigenvalue weighted by atomic mass is 9.59. The number of rotatable bonds is 1. The van der Waals surface area contributed by atoms with Crippen molar-refractivity contribution in [3.05, 3.63) is 0 Å². The normalized spacial score (nSPS) is 68.1. The summed E-state index contributed by atoms with van der Waals surface area (Å²) in [5.74, 6) is 5.04. The standard InChI is InChI=1S/C14H20/c1-2-5-9(6-3-1)12-13-10-7-4-8-11(13)14(10,12)13/h9-12H,1-8H2. The summed E-state index contributed by atoms with van der Waals surface area (Å²) in [5, 5.41) is 0. The first-order valence-electron chi connectivity index (χ1n) is 6.95. The van der Waals surface area contributed by atoms with E-state index in [1.165, 1.54) is 30.1 Å². The molecule has 0 nitrogen and oxygen atoms in total. The second-order valence-electron chi connectivity index (χ2n) is 6.78. The van der Waals surface area contributed by atoms with Crippen LogP contribution in [0.4, 0.5) is 0 Å². The molecule has 5 aliphatic carbocycles. The van der Waals surface area contributed by atoms with Gasteiger partial charge in [-0.2, -0.15) is 0 Å². The summed E-state index contributed by atoms with van der Waals surface area (Å²) in [7, 11) is 0. The first-order valence-corrected chi connectivity index (χ1v) is 6.95. The Kier molecular flexibility index (Phi) is 0.954. The Labute approximate surface area is 86.5 Å². The molecule has 0 unspecified atom stereocenters. The van der Waals surface area contributed by atoms with Crippen molar-refractivity contribution in [3.63, 3.8) is 0 Å². The van der Waals surface area contributed by atoms with Crippen LogP contribution in [0.3, 0.4) is 0 Å². The van der Waals surface area contributed by atoms with Gasteiger partial charge in [0, 0.05) is 0 Å². The second-order valence-corrected chi connectivity index (χ2v) is 6.78. The van der Waals surface area contributed by atoms with E-state index in [0.717, 1.165) is 10.8 Å². The Hall–Kier alpha value is 0. The summed E-state index contributed by atoms with van der Waals surface area (Å²) in [6, 6.07) is 0. The van der Waals surface area contributed by atoms with Crippen molar-refractivity contribution in [3.8, 4) is 0 Å². The maximum Gasteiger partial charge on any atom is -0.0128 e. The SMILES string of the molecule is C1CCC(C2C34C5CCCC3C524)CC1. The van der Waals surface area contributed by atoms with Crippen LogP contribution in [0.15, 0.2) is 0 Å². The van der Waals surface area contributed by atoms with Crippen LogP contribution in [0.25, 0.3) is 0 Å². The van der Waals surface area contributed by atoms with E-state index in [1.807, 2.05) is 0 Å². The van der Waals surface area contributed by atoms with Gasteiger partial charge in [0.05, 0.1) is 0 Å². The Bertz CT molecular complexity index is 280. The average molecular weight is 188 g/mol. The molecule has 14 heavy (non-hydrogen) atoms. The summed E-state index contributed by atoms with van der Waals surface area (Å²) in [5.41, 5.74) is 2.10. The Morgan fingerprint density at radius 3 is 1.93 bits per heavy atom. The third-order valence-electron chi connectivity index (χ3n) is 6.94. The van der Waals surface area contributed by atoms with Gasteiger partial charge in [0.2, 0.25) is 0 Å². The Morgan fingerprint density at radius 1 is 0.643 bits per heavy atom. The minimum atomic E-state index is 1.05. The van der Waals surface area contributed by atoms with Gasteiger partial charge in [-0.05, 0) is 47.3 Å². The van der Waals surface area contributed by atoms with E-state index in [4.69, 9.17) is 0 Å². The molecule has 0 aromatic carbocycles. The van der Waals surface area contributed by atoms with E-state index in [2.05, 4.69) is 0 Å². The van der Waals surface area contributed by atoms with E-state index in [0.29, 0.717) is 0 Å². The van der Waals surface area contributed by atoms with E-state index in [1.54, 1.807) is 44.9 Å². The third kappa shape index (κ3) is 0.447. The Balaban J connectivity index is 1.39. The molecule has 0 N–H and O–H groups in total. The lowest BCUT2D eigenvalue weighted by molar-refractivity contribution is 0.0254. The predicted octanol–water partition coefficient (Wildman–Crippen LogP) is 3.61. The monoisotopic (exact) mass is 188 g/mol. The molecule has 5 fully saturated rings. The predicted molar refractivity (Wildman–Crippen MR) is 55.8 cm³/mol. The van der Waals surface area contributed by atoms with Crippen LogP contribution in [-0.4, -0.2) is 0 Å². The summed E-state index contributed by atoms with van der Waals surface area (Å²) in [6.45, 7) is 0. The first kappa shape index (κ1) is 7.30. The lowest BCUT2D eigenvalue weighted by Crippen LogP contribution is -2.39. The summed E-state index contributed by atoms with van der Waals surface area (Å²) in [6.07, 6.45) is 12.7. The van der Waals surface area contributed by atoms with Crippen LogP contribution >= 0.6 is 0 Å². The highest BCUT2D eigenvalue weighted by molar-refractivity contribution is 5.61. The quantitative estimate of drug-likeness (QED) is 0.589. The topological polar surface area (TPSA) is 0 Å². The van der Waals surface area contributed by atoms with Crippen LogP contribution in [0.5, 0.6) is 0 Å². The molecule has 5 aliphatic rings. The highest BCUT2D eigenvalue weighted by atomic mass is 15.2. The number of hydrogen-bond acceptors (Lipinski definition) is 0. The molecule has 0 atom stereocenters.